The third-order valence-electron chi connectivity index (χ3n) is 2.67. The SMILES string of the molecule is CCNC(=NCc1ncc(-c2ccccc2)o1)NCC.I. The number of oxazole rings is 1. The molecule has 2 N–H and O–H groups in total. The van der Waals surface area contributed by atoms with Gasteiger partial charge in [-0.2, -0.15) is 0 Å². The molecule has 1 aromatic carbocycles. The molecule has 0 spiro atoms. The van der Waals surface area contributed by atoms with Crippen LogP contribution in [0.5, 0.6) is 0 Å². The lowest BCUT2D eigenvalue weighted by Crippen LogP contribution is -2.36. The van der Waals surface area contributed by atoms with Gasteiger partial charge in [-0.3, -0.25) is 0 Å². The van der Waals surface area contributed by atoms with Crippen molar-refractivity contribution >= 4 is 29.9 Å². The number of aliphatic imine (C=N–C) groups is 1. The monoisotopic (exact) mass is 400 g/mol. The Labute approximate surface area is 142 Å². The molecule has 0 saturated heterocycles. The van der Waals surface area contributed by atoms with Crippen molar-refractivity contribution in [3.63, 3.8) is 0 Å². The standard InChI is InChI=1S/C15H20N4O.HI/c1-3-16-15(17-4-2)19-11-14-18-10-13(20-14)12-8-6-5-7-9-12;/h5-10H,3-4,11H2,1-2H3,(H2,16,17,19);1H. The van der Waals surface area contributed by atoms with Gasteiger partial charge in [-0.15, -0.1) is 24.0 Å². The Bertz CT molecular complexity index is 546. The van der Waals surface area contributed by atoms with Crippen LogP contribution in [0.25, 0.3) is 11.3 Å². The van der Waals surface area contributed by atoms with E-state index in [1.165, 1.54) is 0 Å². The summed E-state index contributed by atoms with van der Waals surface area (Å²) in [4.78, 5) is 8.67. The number of rotatable bonds is 5. The van der Waals surface area contributed by atoms with E-state index in [1.54, 1.807) is 6.20 Å². The minimum atomic E-state index is 0. The molecule has 0 radical (unpaired) electrons. The van der Waals surface area contributed by atoms with Crippen LogP contribution >= 0.6 is 24.0 Å². The quantitative estimate of drug-likeness (QED) is 0.460. The minimum Gasteiger partial charge on any atom is -0.439 e. The smallest absolute Gasteiger partial charge is 0.216 e. The van der Waals surface area contributed by atoms with Gasteiger partial charge in [0.05, 0.1) is 6.20 Å². The molecule has 2 rings (SSSR count). The maximum atomic E-state index is 5.70. The number of aromatic nitrogens is 1. The minimum absolute atomic E-state index is 0. The molecule has 1 aromatic heterocycles. The van der Waals surface area contributed by atoms with Crippen LogP contribution in [-0.2, 0) is 6.54 Å². The van der Waals surface area contributed by atoms with E-state index >= 15 is 0 Å². The third kappa shape index (κ3) is 5.37. The summed E-state index contributed by atoms with van der Waals surface area (Å²) in [6, 6.07) is 9.92. The number of nitrogens with zero attached hydrogens (tertiary/aromatic N) is 2. The van der Waals surface area contributed by atoms with Gasteiger partial charge in [0.25, 0.3) is 0 Å². The fraction of sp³-hybridized carbons (Fsp3) is 0.333. The molecule has 21 heavy (non-hydrogen) atoms. The molecule has 0 fully saturated rings. The number of benzene rings is 1. The number of guanidine groups is 1. The highest BCUT2D eigenvalue weighted by Crippen LogP contribution is 2.19. The number of hydrogen-bond donors (Lipinski definition) is 2. The summed E-state index contributed by atoms with van der Waals surface area (Å²) in [7, 11) is 0. The summed E-state index contributed by atoms with van der Waals surface area (Å²) in [5, 5.41) is 6.32. The molecular formula is C15H21IN4O. The molecule has 5 nitrogen and oxygen atoms in total. The molecule has 2 aromatic rings. The zero-order valence-electron chi connectivity index (χ0n) is 12.3. The van der Waals surface area contributed by atoms with E-state index in [1.807, 2.05) is 44.2 Å². The van der Waals surface area contributed by atoms with Crippen molar-refractivity contribution < 1.29 is 4.42 Å². The topological polar surface area (TPSA) is 62.5 Å². The molecule has 0 aliphatic carbocycles. The average molecular weight is 400 g/mol. The molecule has 0 aliphatic rings. The first-order valence-corrected chi connectivity index (χ1v) is 6.85. The Morgan fingerprint density at radius 3 is 2.43 bits per heavy atom. The van der Waals surface area contributed by atoms with E-state index in [0.29, 0.717) is 12.4 Å². The van der Waals surface area contributed by atoms with E-state index < -0.39 is 0 Å². The van der Waals surface area contributed by atoms with Crippen LogP contribution in [0, 0.1) is 0 Å². The summed E-state index contributed by atoms with van der Waals surface area (Å²) in [5.74, 6) is 2.15. The molecule has 0 bridgehead atoms. The number of nitrogens with one attached hydrogen (secondary N) is 2. The summed E-state index contributed by atoms with van der Waals surface area (Å²) in [6.45, 7) is 6.14. The van der Waals surface area contributed by atoms with E-state index in [-0.39, 0.29) is 24.0 Å². The van der Waals surface area contributed by atoms with Gasteiger partial charge >= 0.3 is 0 Å². The number of hydrogen-bond acceptors (Lipinski definition) is 3. The maximum Gasteiger partial charge on any atom is 0.216 e. The van der Waals surface area contributed by atoms with Crippen LogP contribution in [0.2, 0.25) is 0 Å². The normalized spacial score (nSPS) is 9.62. The predicted octanol–water partition coefficient (Wildman–Crippen LogP) is 3.03. The lowest BCUT2D eigenvalue weighted by atomic mass is 10.2. The van der Waals surface area contributed by atoms with Crippen LogP contribution in [0.1, 0.15) is 19.7 Å². The molecule has 0 amide bonds. The molecule has 6 heteroatoms. The summed E-state index contributed by atoms with van der Waals surface area (Å²) in [5.41, 5.74) is 1.02. The van der Waals surface area contributed by atoms with E-state index in [2.05, 4.69) is 20.6 Å². The highest BCUT2D eigenvalue weighted by atomic mass is 127. The maximum absolute atomic E-state index is 5.70. The first-order valence-electron chi connectivity index (χ1n) is 6.85. The van der Waals surface area contributed by atoms with Gasteiger partial charge < -0.3 is 15.1 Å². The average Bonchev–Trinajstić information content (AvgIpc) is 2.95. The zero-order valence-corrected chi connectivity index (χ0v) is 14.6. The van der Waals surface area contributed by atoms with Crippen molar-refractivity contribution in [2.24, 2.45) is 4.99 Å². The summed E-state index contributed by atoms with van der Waals surface area (Å²) in [6.07, 6.45) is 1.74. The van der Waals surface area contributed by atoms with Crippen molar-refractivity contribution in [1.82, 2.24) is 15.6 Å². The highest BCUT2D eigenvalue weighted by molar-refractivity contribution is 14.0. The Morgan fingerprint density at radius 1 is 1.14 bits per heavy atom. The second-order valence-corrected chi connectivity index (χ2v) is 4.21. The van der Waals surface area contributed by atoms with Crippen molar-refractivity contribution in [3.8, 4) is 11.3 Å². The molecule has 0 atom stereocenters. The van der Waals surface area contributed by atoms with E-state index in [4.69, 9.17) is 4.42 Å². The third-order valence-corrected chi connectivity index (χ3v) is 2.67. The summed E-state index contributed by atoms with van der Waals surface area (Å²) < 4.78 is 5.70. The molecule has 0 aliphatic heterocycles. The van der Waals surface area contributed by atoms with Crippen LogP contribution in [0.3, 0.4) is 0 Å². The highest BCUT2D eigenvalue weighted by Gasteiger charge is 2.05. The van der Waals surface area contributed by atoms with Gasteiger partial charge in [0.2, 0.25) is 5.89 Å². The Hall–Kier alpha value is -1.57. The Balaban J connectivity index is 0.00000220. The van der Waals surface area contributed by atoms with Gasteiger partial charge in [0.1, 0.15) is 6.54 Å². The molecule has 1 heterocycles. The summed E-state index contributed by atoms with van der Waals surface area (Å²) >= 11 is 0. The Morgan fingerprint density at radius 2 is 1.81 bits per heavy atom. The van der Waals surface area contributed by atoms with Crippen molar-refractivity contribution in [2.45, 2.75) is 20.4 Å². The zero-order chi connectivity index (χ0) is 14.2. The van der Waals surface area contributed by atoms with Crippen LogP contribution < -0.4 is 10.6 Å². The van der Waals surface area contributed by atoms with Crippen molar-refractivity contribution in [2.75, 3.05) is 13.1 Å². The molecule has 114 valence electrons. The Kier molecular flexibility index (Phi) is 7.81. The lowest BCUT2D eigenvalue weighted by Gasteiger charge is -2.07. The van der Waals surface area contributed by atoms with Gasteiger partial charge in [0, 0.05) is 18.7 Å². The van der Waals surface area contributed by atoms with Gasteiger partial charge in [-0.1, -0.05) is 30.3 Å². The van der Waals surface area contributed by atoms with Crippen molar-refractivity contribution in [3.05, 3.63) is 42.4 Å². The van der Waals surface area contributed by atoms with Gasteiger partial charge in [-0.05, 0) is 13.8 Å². The van der Waals surface area contributed by atoms with Crippen LogP contribution in [-0.4, -0.2) is 24.0 Å². The van der Waals surface area contributed by atoms with Gasteiger partial charge in [-0.25, -0.2) is 9.98 Å². The van der Waals surface area contributed by atoms with E-state index in [9.17, 15) is 0 Å². The van der Waals surface area contributed by atoms with Crippen LogP contribution in [0.15, 0.2) is 45.9 Å². The molecule has 0 unspecified atom stereocenters. The fourth-order valence-electron chi connectivity index (χ4n) is 1.78. The first-order chi connectivity index (χ1) is 9.83. The molecule has 0 saturated carbocycles. The fourth-order valence-corrected chi connectivity index (χ4v) is 1.78. The van der Waals surface area contributed by atoms with E-state index in [0.717, 1.165) is 30.4 Å². The predicted molar refractivity (Wildman–Crippen MR) is 95.8 cm³/mol. The first kappa shape index (κ1) is 17.5. The number of halogens is 1. The molecular weight excluding hydrogens is 379 g/mol. The second-order valence-electron chi connectivity index (χ2n) is 4.21. The second kappa shape index (κ2) is 9.38. The van der Waals surface area contributed by atoms with Gasteiger partial charge in [0.15, 0.2) is 11.7 Å². The van der Waals surface area contributed by atoms with Crippen LogP contribution in [0.4, 0.5) is 0 Å². The largest absolute Gasteiger partial charge is 0.439 e. The van der Waals surface area contributed by atoms with Crippen molar-refractivity contribution in [1.29, 1.82) is 0 Å². The lowest BCUT2D eigenvalue weighted by molar-refractivity contribution is 0.509.